The van der Waals surface area contributed by atoms with Gasteiger partial charge in [0.15, 0.2) is 0 Å². The summed E-state index contributed by atoms with van der Waals surface area (Å²) in [5, 5.41) is 0. The Bertz CT molecular complexity index is 504. The molecule has 0 unspecified atom stereocenters. The monoisotopic (exact) mass is 308 g/mol. The van der Waals surface area contributed by atoms with Crippen LogP contribution < -0.4 is 4.90 Å². The third-order valence-electron chi connectivity index (χ3n) is 3.81. The first-order chi connectivity index (χ1) is 10.0. The van der Waals surface area contributed by atoms with Crippen molar-refractivity contribution < 1.29 is 4.79 Å². The molecule has 0 bridgehead atoms. The number of carbonyl (C=O) groups is 1. The molecule has 1 aliphatic rings. The van der Waals surface area contributed by atoms with Gasteiger partial charge in [-0.25, -0.2) is 9.97 Å². The van der Waals surface area contributed by atoms with Crippen molar-refractivity contribution in [1.29, 1.82) is 0 Å². The van der Waals surface area contributed by atoms with Crippen LogP contribution in [-0.2, 0) is 0 Å². The highest BCUT2D eigenvalue weighted by atomic mass is 32.2. The Morgan fingerprint density at radius 3 is 2.90 bits per heavy atom. The van der Waals surface area contributed by atoms with Crippen molar-refractivity contribution in [3.05, 3.63) is 17.5 Å². The van der Waals surface area contributed by atoms with Gasteiger partial charge in [0, 0.05) is 33.4 Å². The van der Waals surface area contributed by atoms with Crippen molar-refractivity contribution in [3.8, 4) is 0 Å². The minimum absolute atomic E-state index is 0.0728. The molecule has 1 saturated heterocycles. The molecule has 1 aromatic rings. The van der Waals surface area contributed by atoms with Gasteiger partial charge in [0.25, 0.3) is 5.91 Å². The lowest BCUT2D eigenvalue weighted by Gasteiger charge is -2.32. The van der Waals surface area contributed by atoms with Gasteiger partial charge < -0.3 is 9.80 Å². The molecule has 1 aromatic heterocycles. The van der Waals surface area contributed by atoms with Crippen LogP contribution in [0, 0.1) is 12.8 Å². The number of carbonyl (C=O) groups excluding carboxylic acids is 1. The number of aryl methyl sites for hydroxylation is 1. The first-order valence-corrected chi connectivity index (χ1v) is 8.71. The van der Waals surface area contributed by atoms with Gasteiger partial charge >= 0.3 is 0 Å². The van der Waals surface area contributed by atoms with Gasteiger partial charge in [-0.3, -0.25) is 4.79 Å². The van der Waals surface area contributed by atoms with Crippen LogP contribution in [0.1, 0.15) is 28.9 Å². The Morgan fingerprint density at radius 1 is 1.52 bits per heavy atom. The van der Waals surface area contributed by atoms with E-state index in [1.807, 2.05) is 42.6 Å². The Labute approximate surface area is 131 Å². The number of piperidine rings is 1. The SMILES string of the molecule is CSC[C@@H]1CCCN(C(=O)c2cnc(N(C)C)nc2C)C1. The van der Waals surface area contributed by atoms with Crippen LogP contribution >= 0.6 is 11.8 Å². The van der Waals surface area contributed by atoms with Crippen molar-refractivity contribution in [2.75, 3.05) is 44.1 Å². The van der Waals surface area contributed by atoms with E-state index in [0.29, 0.717) is 17.4 Å². The number of rotatable bonds is 4. The van der Waals surface area contributed by atoms with Crippen molar-refractivity contribution in [3.63, 3.8) is 0 Å². The highest BCUT2D eigenvalue weighted by Crippen LogP contribution is 2.22. The Balaban J connectivity index is 2.12. The van der Waals surface area contributed by atoms with E-state index in [9.17, 15) is 4.79 Å². The van der Waals surface area contributed by atoms with E-state index < -0.39 is 0 Å². The fraction of sp³-hybridized carbons (Fsp3) is 0.667. The largest absolute Gasteiger partial charge is 0.347 e. The standard InChI is InChI=1S/C15H24N4OS/c1-11-13(8-16-15(17-11)18(2)3)14(20)19-7-5-6-12(9-19)10-21-4/h8,12H,5-7,9-10H2,1-4H3/t12-/m1/s1. The fourth-order valence-electron chi connectivity index (χ4n) is 2.67. The van der Waals surface area contributed by atoms with Gasteiger partial charge in [-0.05, 0) is 37.7 Å². The van der Waals surface area contributed by atoms with Gasteiger partial charge in [0.2, 0.25) is 5.95 Å². The summed E-state index contributed by atoms with van der Waals surface area (Å²) in [7, 11) is 3.79. The molecule has 6 heteroatoms. The zero-order valence-electron chi connectivity index (χ0n) is 13.3. The maximum Gasteiger partial charge on any atom is 0.257 e. The summed E-state index contributed by atoms with van der Waals surface area (Å²) in [6.07, 6.45) is 6.10. The summed E-state index contributed by atoms with van der Waals surface area (Å²) in [5.74, 6) is 2.45. The number of anilines is 1. The van der Waals surface area contributed by atoms with E-state index in [1.165, 1.54) is 6.42 Å². The summed E-state index contributed by atoms with van der Waals surface area (Å²) in [6, 6.07) is 0. The van der Waals surface area contributed by atoms with Crippen LogP contribution in [0.5, 0.6) is 0 Å². The van der Waals surface area contributed by atoms with Gasteiger partial charge in [-0.1, -0.05) is 0 Å². The number of thioether (sulfide) groups is 1. The summed E-state index contributed by atoms with van der Waals surface area (Å²) >= 11 is 1.86. The molecule has 2 rings (SSSR count). The fourth-order valence-corrected chi connectivity index (χ4v) is 3.42. The molecule has 21 heavy (non-hydrogen) atoms. The predicted molar refractivity (Wildman–Crippen MR) is 88.1 cm³/mol. The lowest BCUT2D eigenvalue weighted by Crippen LogP contribution is -2.41. The van der Waals surface area contributed by atoms with Crippen LogP contribution in [0.15, 0.2) is 6.20 Å². The molecule has 1 aliphatic heterocycles. The van der Waals surface area contributed by atoms with Crippen molar-refractivity contribution in [2.45, 2.75) is 19.8 Å². The van der Waals surface area contributed by atoms with Crippen LogP contribution in [0.3, 0.4) is 0 Å². The number of aromatic nitrogens is 2. The first kappa shape index (κ1) is 16.1. The average Bonchev–Trinajstić information content (AvgIpc) is 2.47. The molecule has 0 aromatic carbocycles. The van der Waals surface area contributed by atoms with Crippen molar-refractivity contribution >= 4 is 23.6 Å². The first-order valence-electron chi connectivity index (χ1n) is 7.32. The van der Waals surface area contributed by atoms with E-state index in [0.717, 1.165) is 31.0 Å². The number of hydrogen-bond donors (Lipinski definition) is 0. The molecular formula is C15H24N4OS. The third-order valence-corrected chi connectivity index (χ3v) is 4.61. The lowest BCUT2D eigenvalue weighted by molar-refractivity contribution is 0.0683. The highest BCUT2D eigenvalue weighted by molar-refractivity contribution is 7.98. The second kappa shape index (κ2) is 7.11. The minimum atomic E-state index is 0.0728. The Morgan fingerprint density at radius 2 is 2.29 bits per heavy atom. The van der Waals surface area contributed by atoms with Crippen molar-refractivity contribution in [2.24, 2.45) is 5.92 Å². The van der Waals surface area contributed by atoms with E-state index in [-0.39, 0.29) is 5.91 Å². The summed E-state index contributed by atoms with van der Waals surface area (Å²) < 4.78 is 0. The highest BCUT2D eigenvalue weighted by Gasteiger charge is 2.25. The third kappa shape index (κ3) is 3.87. The zero-order valence-corrected chi connectivity index (χ0v) is 14.1. The lowest BCUT2D eigenvalue weighted by atomic mass is 9.99. The van der Waals surface area contributed by atoms with Gasteiger partial charge in [0.1, 0.15) is 0 Å². The molecule has 1 fully saturated rings. The number of hydrogen-bond acceptors (Lipinski definition) is 5. The molecule has 0 aliphatic carbocycles. The van der Waals surface area contributed by atoms with Crippen molar-refractivity contribution in [1.82, 2.24) is 14.9 Å². The van der Waals surface area contributed by atoms with Crippen LogP contribution in [0.4, 0.5) is 5.95 Å². The molecule has 5 nitrogen and oxygen atoms in total. The van der Waals surface area contributed by atoms with E-state index in [4.69, 9.17) is 0 Å². The molecule has 1 atom stereocenters. The summed E-state index contributed by atoms with van der Waals surface area (Å²) in [4.78, 5) is 25.2. The minimum Gasteiger partial charge on any atom is -0.347 e. The quantitative estimate of drug-likeness (QED) is 0.852. The van der Waals surface area contributed by atoms with E-state index >= 15 is 0 Å². The predicted octanol–water partition coefficient (Wildman–Crippen LogP) is 2.07. The van der Waals surface area contributed by atoms with Gasteiger partial charge in [0.05, 0.1) is 11.3 Å². The Hall–Kier alpha value is -1.30. The van der Waals surface area contributed by atoms with Crippen LogP contribution in [-0.4, -0.2) is 60.0 Å². The average molecular weight is 308 g/mol. The molecule has 0 radical (unpaired) electrons. The maximum atomic E-state index is 12.7. The van der Waals surface area contributed by atoms with E-state index in [1.54, 1.807) is 6.20 Å². The maximum absolute atomic E-state index is 12.7. The zero-order chi connectivity index (χ0) is 15.4. The molecule has 0 spiro atoms. The number of nitrogens with zero attached hydrogens (tertiary/aromatic N) is 4. The molecule has 0 N–H and O–H groups in total. The van der Waals surface area contributed by atoms with Gasteiger partial charge in [-0.2, -0.15) is 11.8 Å². The summed E-state index contributed by atoms with van der Waals surface area (Å²) in [6.45, 7) is 3.58. The molecule has 116 valence electrons. The summed E-state index contributed by atoms with van der Waals surface area (Å²) in [5.41, 5.74) is 1.39. The Kier molecular flexibility index (Phi) is 5.45. The van der Waals surface area contributed by atoms with Crippen LogP contribution in [0.2, 0.25) is 0 Å². The normalized spacial score (nSPS) is 18.7. The second-order valence-electron chi connectivity index (χ2n) is 5.78. The number of amides is 1. The smallest absolute Gasteiger partial charge is 0.257 e. The molecular weight excluding hydrogens is 284 g/mol. The second-order valence-corrected chi connectivity index (χ2v) is 6.69. The topological polar surface area (TPSA) is 49.3 Å². The van der Waals surface area contributed by atoms with Crippen LogP contribution in [0.25, 0.3) is 0 Å². The van der Waals surface area contributed by atoms with Gasteiger partial charge in [-0.15, -0.1) is 0 Å². The molecule has 0 saturated carbocycles. The molecule has 1 amide bonds. The molecule has 2 heterocycles. The van der Waals surface area contributed by atoms with E-state index in [2.05, 4.69) is 16.2 Å². The number of likely N-dealkylation sites (tertiary alicyclic amines) is 1.